The van der Waals surface area contributed by atoms with Crippen LogP contribution in [0.25, 0.3) is 31.3 Å². The second kappa shape index (κ2) is 7.99. The minimum Gasteiger partial charge on any atom is -0.497 e. The van der Waals surface area contributed by atoms with Gasteiger partial charge in [0.2, 0.25) is 0 Å². The predicted molar refractivity (Wildman–Crippen MR) is 137 cm³/mol. The molecule has 1 aliphatic carbocycles. The van der Waals surface area contributed by atoms with Crippen molar-refractivity contribution in [2.75, 3.05) is 7.11 Å². The predicted octanol–water partition coefficient (Wildman–Crippen LogP) is 7.44. The van der Waals surface area contributed by atoms with Gasteiger partial charge in [0.25, 0.3) is 0 Å². The van der Waals surface area contributed by atoms with Crippen molar-refractivity contribution in [3.63, 3.8) is 0 Å². The third-order valence-corrected chi connectivity index (χ3v) is 8.23. The Kier molecular flexibility index (Phi) is 5.25. The van der Waals surface area contributed by atoms with Crippen LogP contribution in [0.4, 0.5) is 0 Å². The van der Waals surface area contributed by atoms with Gasteiger partial charge in [-0.05, 0) is 84.0 Å². The number of carbonyl (C=O) groups is 1. The lowest BCUT2D eigenvalue weighted by Gasteiger charge is -2.30. The summed E-state index contributed by atoms with van der Waals surface area (Å²) in [5, 5.41) is 6.45. The van der Waals surface area contributed by atoms with E-state index in [4.69, 9.17) is 9.57 Å². The van der Waals surface area contributed by atoms with E-state index in [-0.39, 0.29) is 5.41 Å². The highest BCUT2D eigenvalue weighted by molar-refractivity contribution is 7.25. The molecule has 0 saturated heterocycles. The number of ether oxygens (including phenoxy) is 1. The van der Waals surface area contributed by atoms with Crippen LogP contribution in [-0.2, 0) is 15.0 Å². The van der Waals surface area contributed by atoms with E-state index in [1.165, 1.54) is 49.3 Å². The summed E-state index contributed by atoms with van der Waals surface area (Å²) in [6.07, 6.45) is 2.06. The third-order valence-electron chi connectivity index (χ3n) is 7.09. The highest BCUT2D eigenvalue weighted by atomic mass is 32.1. The molecule has 1 heterocycles. The maximum Gasteiger partial charge on any atom is 0.331 e. The minimum absolute atomic E-state index is 0.0219. The normalized spacial score (nSPS) is 14.4. The van der Waals surface area contributed by atoms with Gasteiger partial charge < -0.3 is 9.57 Å². The van der Waals surface area contributed by atoms with Crippen LogP contribution in [0.15, 0.2) is 53.7 Å². The zero-order chi connectivity index (χ0) is 23.3. The smallest absolute Gasteiger partial charge is 0.331 e. The average molecular weight is 458 g/mol. The minimum atomic E-state index is -0.418. The fourth-order valence-electron chi connectivity index (χ4n) is 5.29. The van der Waals surface area contributed by atoms with Gasteiger partial charge in [-0.25, -0.2) is 4.79 Å². The van der Waals surface area contributed by atoms with Crippen molar-refractivity contribution in [3.8, 4) is 16.9 Å². The van der Waals surface area contributed by atoms with Gasteiger partial charge in [0.05, 0.1) is 12.8 Å². The topological polar surface area (TPSA) is 47.9 Å². The third kappa shape index (κ3) is 3.25. The molecule has 0 bridgehead atoms. The number of thiophene rings is 1. The average Bonchev–Trinajstić information content (AvgIpc) is 3.32. The number of rotatable bonds is 5. The zero-order valence-electron chi connectivity index (χ0n) is 19.6. The van der Waals surface area contributed by atoms with Gasteiger partial charge in [0.15, 0.2) is 0 Å². The first-order valence-electron chi connectivity index (χ1n) is 11.3. The number of methoxy groups -OCH3 is 1. The molecular formula is C28H27NO3S. The SMILES string of the molecule is CCC1(CC)c2cc(OC)ccc2-c2cc3sc4ccc(/C(C)=N/OC(C)=O)cc4c3cc21. The van der Waals surface area contributed by atoms with E-state index < -0.39 is 5.97 Å². The van der Waals surface area contributed by atoms with Gasteiger partial charge >= 0.3 is 5.97 Å². The Bertz CT molecular complexity index is 1440. The van der Waals surface area contributed by atoms with Crippen molar-refractivity contribution in [2.45, 2.75) is 46.0 Å². The standard InChI is InChI=1S/C28H27NO3S/c1-6-28(7-2)24-13-19(31-5)9-10-20(24)21-15-27-23(14-25(21)28)22-12-18(8-11-26(22)33-27)16(3)29-32-17(4)30/h8-15H,6-7H2,1-5H3/b29-16+. The molecule has 0 radical (unpaired) electrons. The monoisotopic (exact) mass is 457 g/mol. The molecule has 168 valence electrons. The number of hydrogen-bond donors (Lipinski definition) is 0. The fraction of sp³-hybridized carbons (Fsp3) is 0.286. The van der Waals surface area contributed by atoms with E-state index in [0.29, 0.717) is 5.71 Å². The second-order valence-electron chi connectivity index (χ2n) is 8.67. The van der Waals surface area contributed by atoms with Crippen molar-refractivity contribution in [1.29, 1.82) is 0 Å². The van der Waals surface area contributed by atoms with E-state index in [0.717, 1.165) is 24.2 Å². The molecule has 5 heteroatoms. The first-order chi connectivity index (χ1) is 15.9. The Balaban J connectivity index is 1.74. The molecule has 1 aromatic heterocycles. The highest BCUT2D eigenvalue weighted by Gasteiger charge is 2.41. The van der Waals surface area contributed by atoms with Crippen LogP contribution in [0.2, 0.25) is 0 Å². The molecule has 0 fully saturated rings. The van der Waals surface area contributed by atoms with Gasteiger partial charge in [-0.15, -0.1) is 11.3 Å². The number of oxime groups is 1. The van der Waals surface area contributed by atoms with Crippen molar-refractivity contribution >= 4 is 43.2 Å². The van der Waals surface area contributed by atoms with E-state index in [9.17, 15) is 4.79 Å². The Morgan fingerprint density at radius 3 is 2.33 bits per heavy atom. The van der Waals surface area contributed by atoms with Crippen LogP contribution in [0.3, 0.4) is 0 Å². The Labute approximate surface area is 197 Å². The Hall–Kier alpha value is -3.18. The molecule has 3 aromatic carbocycles. The van der Waals surface area contributed by atoms with Crippen LogP contribution in [-0.4, -0.2) is 18.8 Å². The second-order valence-corrected chi connectivity index (χ2v) is 9.75. The summed E-state index contributed by atoms with van der Waals surface area (Å²) >= 11 is 1.81. The Morgan fingerprint density at radius 2 is 1.64 bits per heavy atom. The summed E-state index contributed by atoms with van der Waals surface area (Å²) < 4.78 is 8.09. The molecule has 0 atom stereocenters. The summed E-state index contributed by atoms with van der Waals surface area (Å²) in [5.74, 6) is 0.492. The lowest BCUT2D eigenvalue weighted by atomic mass is 9.73. The van der Waals surface area contributed by atoms with Crippen molar-refractivity contribution in [1.82, 2.24) is 0 Å². The lowest BCUT2D eigenvalue weighted by Crippen LogP contribution is -2.23. The molecule has 0 unspecified atom stereocenters. The molecule has 0 saturated carbocycles. The largest absolute Gasteiger partial charge is 0.497 e. The molecule has 33 heavy (non-hydrogen) atoms. The van der Waals surface area contributed by atoms with Crippen molar-refractivity contribution in [3.05, 3.63) is 65.2 Å². The first-order valence-corrected chi connectivity index (χ1v) is 12.2. The highest BCUT2D eigenvalue weighted by Crippen LogP contribution is 2.55. The van der Waals surface area contributed by atoms with Crippen LogP contribution in [0, 0.1) is 0 Å². The quantitative estimate of drug-likeness (QED) is 0.178. The lowest BCUT2D eigenvalue weighted by molar-refractivity contribution is -0.140. The van der Waals surface area contributed by atoms with Gasteiger partial charge in [0.1, 0.15) is 5.75 Å². The molecule has 0 N–H and O–H groups in total. The summed E-state index contributed by atoms with van der Waals surface area (Å²) in [5.41, 5.74) is 7.04. The van der Waals surface area contributed by atoms with E-state index in [1.807, 2.05) is 24.3 Å². The van der Waals surface area contributed by atoms with E-state index in [1.54, 1.807) is 7.11 Å². The van der Waals surface area contributed by atoms with Crippen LogP contribution in [0.1, 0.15) is 57.2 Å². The molecule has 4 aromatic rings. The number of fused-ring (bicyclic) bond motifs is 6. The number of hydrogen-bond acceptors (Lipinski definition) is 5. The van der Waals surface area contributed by atoms with Gasteiger partial charge in [-0.1, -0.05) is 31.1 Å². The van der Waals surface area contributed by atoms with Crippen LogP contribution < -0.4 is 4.74 Å². The molecule has 0 spiro atoms. The maximum absolute atomic E-state index is 11.1. The van der Waals surface area contributed by atoms with Crippen LogP contribution >= 0.6 is 11.3 Å². The number of carbonyl (C=O) groups excluding carboxylic acids is 1. The number of nitrogens with zero attached hydrogens (tertiary/aromatic N) is 1. The number of benzene rings is 3. The Morgan fingerprint density at radius 1 is 0.909 bits per heavy atom. The summed E-state index contributed by atoms with van der Waals surface area (Å²) in [6.45, 7) is 7.78. The maximum atomic E-state index is 11.1. The molecule has 0 amide bonds. The molecule has 5 rings (SSSR count). The molecule has 1 aliphatic rings. The van der Waals surface area contributed by atoms with Crippen molar-refractivity contribution < 1.29 is 14.4 Å². The van der Waals surface area contributed by atoms with Crippen molar-refractivity contribution in [2.24, 2.45) is 5.16 Å². The van der Waals surface area contributed by atoms with Gasteiger partial charge in [0, 0.05) is 32.5 Å². The summed E-state index contributed by atoms with van der Waals surface area (Å²) in [6, 6.07) is 17.6. The van der Waals surface area contributed by atoms with E-state index in [2.05, 4.69) is 61.5 Å². The van der Waals surface area contributed by atoms with Crippen LogP contribution in [0.5, 0.6) is 5.75 Å². The summed E-state index contributed by atoms with van der Waals surface area (Å²) in [7, 11) is 1.73. The van der Waals surface area contributed by atoms with Gasteiger partial charge in [-0.2, -0.15) is 0 Å². The molecule has 4 nitrogen and oxygen atoms in total. The molecular weight excluding hydrogens is 430 g/mol. The zero-order valence-corrected chi connectivity index (χ0v) is 20.4. The summed E-state index contributed by atoms with van der Waals surface area (Å²) in [4.78, 5) is 16.0. The van der Waals surface area contributed by atoms with E-state index >= 15 is 0 Å². The fourth-order valence-corrected chi connectivity index (χ4v) is 6.40. The first kappa shape index (κ1) is 21.7. The van der Waals surface area contributed by atoms with Gasteiger partial charge in [-0.3, -0.25) is 0 Å². The molecule has 0 aliphatic heterocycles.